The molecule has 0 unspecified atom stereocenters. The van der Waals surface area contributed by atoms with Gasteiger partial charge in [0.2, 0.25) is 11.7 Å². The van der Waals surface area contributed by atoms with Crippen LogP contribution in [0, 0.1) is 0 Å². The van der Waals surface area contributed by atoms with Gasteiger partial charge in [0, 0.05) is 22.9 Å². The molecule has 1 amide bonds. The van der Waals surface area contributed by atoms with Crippen LogP contribution in [0.15, 0.2) is 65.5 Å². The SMILES string of the molecule is C[C@H](CCc1ccccc1)NC(=O)Cn1c2c(c(=O)n3nc(-c4ccccc4)nc13)CCC2. The van der Waals surface area contributed by atoms with Gasteiger partial charge in [-0.25, -0.2) is 0 Å². The monoisotopic (exact) mass is 441 g/mol. The van der Waals surface area contributed by atoms with Gasteiger partial charge in [0.25, 0.3) is 5.56 Å². The summed E-state index contributed by atoms with van der Waals surface area (Å²) in [4.78, 5) is 30.7. The Morgan fingerprint density at radius 2 is 1.79 bits per heavy atom. The molecule has 7 heteroatoms. The first-order chi connectivity index (χ1) is 16.1. The fraction of sp³-hybridized carbons (Fsp3) is 0.308. The highest BCUT2D eigenvalue weighted by Crippen LogP contribution is 2.22. The summed E-state index contributed by atoms with van der Waals surface area (Å²) in [5.74, 6) is 0.827. The smallest absolute Gasteiger partial charge is 0.279 e. The lowest BCUT2D eigenvalue weighted by atomic mass is 10.1. The fourth-order valence-corrected chi connectivity index (χ4v) is 4.56. The van der Waals surface area contributed by atoms with Crippen molar-refractivity contribution < 1.29 is 4.79 Å². The summed E-state index contributed by atoms with van der Waals surface area (Å²) < 4.78 is 3.24. The molecule has 1 N–H and O–H groups in total. The normalized spacial score (nSPS) is 13.7. The second-order valence-corrected chi connectivity index (χ2v) is 8.68. The number of hydrogen-bond donors (Lipinski definition) is 1. The summed E-state index contributed by atoms with van der Waals surface area (Å²) in [5, 5.41) is 7.60. The molecule has 2 heterocycles. The van der Waals surface area contributed by atoms with E-state index in [1.807, 2.05) is 60.0 Å². The third-order valence-corrected chi connectivity index (χ3v) is 6.25. The maximum absolute atomic E-state index is 13.0. The first-order valence-electron chi connectivity index (χ1n) is 11.5. The predicted molar refractivity (Wildman–Crippen MR) is 127 cm³/mol. The van der Waals surface area contributed by atoms with Crippen molar-refractivity contribution in [3.05, 3.63) is 87.8 Å². The van der Waals surface area contributed by atoms with Gasteiger partial charge in [-0.1, -0.05) is 60.7 Å². The highest BCUT2D eigenvalue weighted by Gasteiger charge is 2.25. The van der Waals surface area contributed by atoms with Crippen LogP contribution in [0.1, 0.15) is 36.6 Å². The molecule has 0 radical (unpaired) electrons. The summed E-state index contributed by atoms with van der Waals surface area (Å²) in [7, 11) is 0. The average Bonchev–Trinajstić information content (AvgIpc) is 3.50. The number of carbonyl (C=O) groups excluding carboxylic acids is 1. The van der Waals surface area contributed by atoms with E-state index in [9.17, 15) is 9.59 Å². The van der Waals surface area contributed by atoms with Crippen molar-refractivity contribution >= 4 is 11.7 Å². The second kappa shape index (κ2) is 9.02. The van der Waals surface area contributed by atoms with Crippen LogP contribution in [0.25, 0.3) is 17.2 Å². The summed E-state index contributed by atoms with van der Waals surface area (Å²) in [5.41, 5.74) is 3.63. The highest BCUT2D eigenvalue weighted by atomic mass is 16.2. The minimum absolute atomic E-state index is 0.0407. The number of carbonyl (C=O) groups is 1. The lowest BCUT2D eigenvalue weighted by molar-refractivity contribution is -0.122. The lowest BCUT2D eigenvalue weighted by Gasteiger charge is -2.17. The Kier molecular flexibility index (Phi) is 5.77. The third kappa shape index (κ3) is 4.31. The molecule has 0 bridgehead atoms. The van der Waals surface area contributed by atoms with Crippen molar-refractivity contribution in [1.82, 2.24) is 24.5 Å². The molecule has 1 atom stereocenters. The molecule has 2 aromatic heterocycles. The number of aromatic nitrogens is 4. The van der Waals surface area contributed by atoms with Crippen molar-refractivity contribution in [2.75, 3.05) is 0 Å². The van der Waals surface area contributed by atoms with Gasteiger partial charge in [-0.3, -0.25) is 9.59 Å². The maximum Gasteiger partial charge on any atom is 0.279 e. The number of hydrogen-bond acceptors (Lipinski definition) is 4. The molecule has 0 aliphatic heterocycles. The van der Waals surface area contributed by atoms with Gasteiger partial charge in [0.1, 0.15) is 6.54 Å². The van der Waals surface area contributed by atoms with Gasteiger partial charge in [-0.15, -0.1) is 5.10 Å². The molecular formula is C26H27N5O2. The van der Waals surface area contributed by atoms with Crippen LogP contribution in [0.2, 0.25) is 0 Å². The molecule has 1 aliphatic rings. The van der Waals surface area contributed by atoms with Crippen LogP contribution in [0.3, 0.4) is 0 Å². The lowest BCUT2D eigenvalue weighted by Crippen LogP contribution is -2.37. The average molecular weight is 442 g/mol. The van der Waals surface area contributed by atoms with Crippen LogP contribution in [0.5, 0.6) is 0 Å². The van der Waals surface area contributed by atoms with E-state index in [-0.39, 0.29) is 24.1 Å². The molecule has 0 saturated heterocycles. The molecule has 0 saturated carbocycles. The van der Waals surface area contributed by atoms with E-state index >= 15 is 0 Å². The number of amides is 1. The molecule has 33 heavy (non-hydrogen) atoms. The Morgan fingerprint density at radius 1 is 1.06 bits per heavy atom. The zero-order chi connectivity index (χ0) is 22.8. The van der Waals surface area contributed by atoms with Crippen molar-refractivity contribution in [1.29, 1.82) is 0 Å². The fourth-order valence-electron chi connectivity index (χ4n) is 4.56. The van der Waals surface area contributed by atoms with Crippen LogP contribution in [-0.4, -0.2) is 31.1 Å². The molecular weight excluding hydrogens is 414 g/mol. The quantitative estimate of drug-likeness (QED) is 0.478. The molecule has 5 rings (SSSR count). The van der Waals surface area contributed by atoms with Crippen LogP contribution < -0.4 is 10.9 Å². The Labute approximate surface area is 192 Å². The van der Waals surface area contributed by atoms with Crippen molar-refractivity contribution in [2.45, 2.75) is 51.6 Å². The van der Waals surface area contributed by atoms with Gasteiger partial charge >= 0.3 is 0 Å². The number of rotatable bonds is 7. The highest BCUT2D eigenvalue weighted by molar-refractivity contribution is 5.77. The zero-order valence-corrected chi connectivity index (χ0v) is 18.7. The number of fused-ring (bicyclic) bond motifs is 2. The van der Waals surface area contributed by atoms with Crippen LogP contribution in [-0.2, 0) is 30.6 Å². The van der Waals surface area contributed by atoms with Crippen molar-refractivity contribution in [3.63, 3.8) is 0 Å². The molecule has 4 aromatic rings. The van der Waals surface area contributed by atoms with Crippen LogP contribution in [0.4, 0.5) is 0 Å². The summed E-state index contributed by atoms with van der Waals surface area (Å²) in [6.45, 7) is 2.14. The zero-order valence-electron chi connectivity index (χ0n) is 18.7. The molecule has 1 aliphatic carbocycles. The molecule has 7 nitrogen and oxygen atoms in total. The number of nitrogens with zero attached hydrogens (tertiary/aromatic N) is 4. The summed E-state index contributed by atoms with van der Waals surface area (Å²) >= 11 is 0. The number of aryl methyl sites for hydroxylation is 1. The largest absolute Gasteiger partial charge is 0.352 e. The van der Waals surface area contributed by atoms with Gasteiger partial charge in [0.15, 0.2) is 5.82 Å². The van der Waals surface area contributed by atoms with E-state index in [0.29, 0.717) is 18.0 Å². The Morgan fingerprint density at radius 3 is 2.55 bits per heavy atom. The van der Waals surface area contributed by atoms with E-state index in [0.717, 1.165) is 42.5 Å². The summed E-state index contributed by atoms with van der Waals surface area (Å²) in [6, 6.07) is 19.9. The van der Waals surface area contributed by atoms with Gasteiger partial charge in [-0.05, 0) is 44.6 Å². The summed E-state index contributed by atoms with van der Waals surface area (Å²) in [6.07, 6.45) is 4.14. The topological polar surface area (TPSA) is 81.3 Å². The molecule has 168 valence electrons. The van der Waals surface area contributed by atoms with E-state index in [4.69, 9.17) is 0 Å². The first-order valence-corrected chi connectivity index (χ1v) is 11.5. The molecule has 0 spiro atoms. The van der Waals surface area contributed by atoms with Crippen molar-refractivity contribution in [2.24, 2.45) is 0 Å². The second-order valence-electron chi connectivity index (χ2n) is 8.68. The van der Waals surface area contributed by atoms with E-state index in [1.54, 1.807) is 0 Å². The number of nitrogens with one attached hydrogen (secondary N) is 1. The predicted octanol–water partition coefficient (Wildman–Crippen LogP) is 3.18. The molecule has 0 fully saturated rings. The Hall–Kier alpha value is -3.74. The first kappa shape index (κ1) is 21.1. The minimum atomic E-state index is -0.125. The maximum atomic E-state index is 13.0. The van der Waals surface area contributed by atoms with E-state index in [2.05, 4.69) is 27.5 Å². The third-order valence-electron chi connectivity index (χ3n) is 6.25. The Bertz CT molecular complexity index is 1340. The molecule has 2 aromatic carbocycles. The van der Waals surface area contributed by atoms with Crippen LogP contribution >= 0.6 is 0 Å². The standard InChI is InChI=1S/C26H27N5O2/c1-18(15-16-19-9-4-2-5-10-19)27-23(32)17-30-22-14-8-13-21(22)25(33)31-26(30)28-24(29-31)20-11-6-3-7-12-20/h2-7,9-12,18H,8,13-17H2,1H3,(H,27,32)/t18-/m1/s1. The van der Waals surface area contributed by atoms with Gasteiger partial charge in [-0.2, -0.15) is 9.50 Å². The van der Waals surface area contributed by atoms with E-state index in [1.165, 1.54) is 10.1 Å². The van der Waals surface area contributed by atoms with Gasteiger partial charge in [0.05, 0.1) is 0 Å². The Balaban J connectivity index is 1.40. The number of benzene rings is 2. The van der Waals surface area contributed by atoms with Crippen molar-refractivity contribution in [3.8, 4) is 11.4 Å². The minimum Gasteiger partial charge on any atom is -0.352 e. The van der Waals surface area contributed by atoms with E-state index < -0.39 is 0 Å². The van der Waals surface area contributed by atoms with Gasteiger partial charge < -0.3 is 9.88 Å².